The molecule has 0 aromatic rings. The molecule has 8 heteroatoms. The van der Waals surface area contributed by atoms with Crippen molar-refractivity contribution in [2.24, 2.45) is 33.0 Å². The lowest BCUT2D eigenvalue weighted by Crippen LogP contribution is -2.59. The summed E-state index contributed by atoms with van der Waals surface area (Å²) in [6.07, 6.45) is 6.27. The summed E-state index contributed by atoms with van der Waals surface area (Å²) in [5.41, 5.74) is -5.97. The van der Waals surface area contributed by atoms with E-state index in [0.717, 1.165) is 25.7 Å². The van der Waals surface area contributed by atoms with E-state index in [1.165, 1.54) is 0 Å². The first-order chi connectivity index (χ1) is 18.0. The van der Waals surface area contributed by atoms with Gasteiger partial charge in [0, 0.05) is 16.2 Å². The van der Waals surface area contributed by atoms with Crippen LogP contribution in [-0.2, 0) is 38.1 Å². The molecule has 39 heavy (non-hydrogen) atoms. The van der Waals surface area contributed by atoms with Gasteiger partial charge in [0.05, 0.1) is 10.8 Å². The summed E-state index contributed by atoms with van der Waals surface area (Å²) < 4.78 is 24.4. The highest BCUT2D eigenvalue weighted by atomic mass is 16.6. The maximum Gasteiger partial charge on any atom is 0.351 e. The van der Waals surface area contributed by atoms with Crippen molar-refractivity contribution in [3.05, 3.63) is 0 Å². The smallest absolute Gasteiger partial charge is 0.351 e. The van der Waals surface area contributed by atoms with Gasteiger partial charge in [-0.2, -0.15) is 0 Å². The van der Waals surface area contributed by atoms with Crippen LogP contribution in [0.1, 0.15) is 113 Å². The molecule has 8 nitrogen and oxygen atoms in total. The fourth-order valence-electron chi connectivity index (χ4n) is 9.45. The van der Waals surface area contributed by atoms with Crippen molar-refractivity contribution in [3.8, 4) is 0 Å². The second-order valence-electron chi connectivity index (χ2n) is 15.1. The molecule has 0 radical (unpaired) electrons. The average molecular weight is 545 g/mol. The minimum absolute atomic E-state index is 0.228. The number of ether oxygens (including phenoxy) is 4. The predicted molar refractivity (Wildman–Crippen MR) is 139 cm³/mol. The summed E-state index contributed by atoms with van der Waals surface area (Å²) in [6, 6.07) is 0. The molecule has 2 aliphatic heterocycles. The molecule has 2 saturated heterocycles. The lowest BCUT2D eigenvalue weighted by molar-refractivity contribution is -0.220. The molecular weight excluding hydrogens is 500 g/mol. The molecule has 6 atom stereocenters. The van der Waals surface area contributed by atoms with E-state index in [9.17, 15) is 19.2 Å². The Morgan fingerprint density at radius 2 is 1.03 bits per heavy atom. The Hall–Kier alpha value is -2.12. The van der Waals surface area contributed by atoms with E-state index in [1.807, 2.05) is 41.5 Å². The van der Waals surface area contributed by atoms with Gasteiger partial charge < -0.3 is 18.9 Å². The van der Waals surface area contributed by atoms with Crippen molar-refractivity contribution >= 4 is 23.9 Å². The Kier molecular flexibility index (Phi) is 5.40. The van der Waals surface area contributed by atoms with E-state index < -0.39 is 62.4 Å². The third kappa shape index (κ3) is 2.87. The Bertz CT molecular complexity index is 1070. The van der Waals surface area contributed by atoms with E-state index >= 15 is 0 Å². The molecular formula is C31H44O8. The van der Waals surface area contributed by atoms with Crippen molar-refractivity contribution in [1.29, 1.82) is 0 Å². The molecule has 6 unspecified atom stereocenters. The van der Waals surface area contributed by atoms with E-state index in [0.29, 0.717) is 38.5 Å². The molecule has 2 heterocycles. The highest BCUT2D eigenvalue weighted by molar-refractivity contribution is 5.94. The monoisotopic (exact) mass is 544 g/mol. The van der Waals surface area contributed by atoms with Gasteiger partial charge in [-0.3, -0.25) is 9.59 Å². The van der Waals surface area contributed by atoms with E-state index in [1.54, 1.807) is 0 Å². The van der Waals surface area contributed by atoms with Crippen LogP contribution in [0.4, 0.5) is 0 Å². The van der Waals surface area contributed by atoms with Crippen molar-refractivity contribution in [2.75, 3.05) is 0 Å². The third-order valence-electron chi connectivity index (χ3n) is 13.6. The number of hydrogen-bond acceptors (Lipinski definition) is 8. The zero-order chi connectivity index (χ0) is 28.4. The van der Waals surface area contributed by atoms with Gasteiger partial charge in [-0.25, -0.2) is 9.59 Å². The quantitative estimate of drug-likeness (QED) is 0.358. The minimum atomic E-state index is -1.29. The van der Waals surface area contributed by atoms with Crippen molar-refractivity contribution in [2.45, 2.75) is 136 Å². The van der Waals surface area contributed by atoms with E-state index in [2.05, 4.69) is 6.92 Å². The van der Waals surface area contributed by atoms with Gasteiger partial charge in [-0.15, -0.1) is 0 Å². The largest absolute Gasteiger partial charge is 0.459 e. The second-order valence-corrected chi connectivity index (χ2v) is 15.1. The summed E-state index contributed by atoms with van der Waals surface area (Å²) in [4.78, 5) is 53.5. The Labute approximate surface area is 231 Å². The van der Waals surface area contributed by atoms with Crippen LogP contribution < -0.4 is 0 Å². The zero-order valence-electron chi connectivity index (χ0n) is 24.6. The first-order valence-corrected chi connectivity index (χ1v) is 14.9. The van der Waals surface area contributed by atoms with Crippen LogP contribution >= 0.6 is 0 Å². The fraction of sp³-hybridized carbons (Fsp3) is 0.871. The third-order valence-corrected chi connectivity index (χ3v) is 13.6. The Morgan fingerprint density at radius 3 is 1.33 bits per heavy atom. The van der Waals surface area contributed by atoms with Gasteiger partial charge in [0.15, 0.2) is 0 Å². The van der Waals surface area contributed by atoms with Gasteiger partial charge in [0.25, 0.3) is 0 Å². The zero-order valence-corrected chi connectivity index (χ0v) is 24.6. The maximum atomic E-state index is 13.9. The fourth-order valence-corrected chi connectivity index (χ4v) is 9.45. The van der Waals surface area contributed by atoms with Crippen LogP contribution in [0.15, 0.2) is 0 Å². The number of carbonyl (C=O) groups excluding carboxylic acids is 4. The molecule has 0 amide bonds. The first-order valence-electron chi connectivity index (χ1n) is 14.9. The van der Waals surface area contributed by atoms with Gasteiger partial charge in [0.2, 0.25) is 11.2 Å². The van der Waals surface area contributed by atoms with E-state index in [-0.39, 0.29) is 17.9 Å². The minimum Gasteiger partial charge on any atom is -0.459 e. The summed E-state index contributed by atoms with van der Waals surface area (Å²) in [7, 11) is 0. The van der Waals surface area contributed by atoms with Crippen LogP contribution in [0, 0.1) is 33.0 Å². The molecule has 4 saturated carbocycles. The van der Waals surface area contributed by atoms with Gasteiger partial charge >= 0.3 is 23.9 Å². The molecule has 0 aromatic heterocycles. The molecule has 0 spiro atoms. The molecule has 216 valence electrons. The normalized spacial score (nSPS) is 48.7. The second kappa shape index (κ2) is 7.79. The Morgan fingerprint density at radius 1 is 0.641 bits per heavy atom. The van der Waals surface area contributed by atoms with Crippen LogP contribution in [0.2, 0.25) is 0 Å². The van der Waals surface area contributed by atoms with Crippen LogP contribution in [-0.4, -0.2) is 47.3 Å². The molecule has 4 bridgehead atoms. The van der Waals surface area contributed by atoms with Crippen molar-refractivity contribution < 1.29 is 38.1 Å². The predicted octanol–water partition coefficient (Wildman–Crippen LogP) is 5.04. The highest BCUT2D eigenvalue weighted by Gasteiger charge is 2.78. The summed E-state index contributed by atoms with van der Waals surface area (Å²) >= 11 is 0. The number of rotatable bonds is 4. The van der Waals surface area contributed by atoms with Crippen molar-refractivity contribution in [1.82, 2.24) is 0 Å². The lowest BCUT2D eigenvalue weighted by Gasteiger charge is -2.54. The number of carbonyl (C=O) groups is 4. The molecule has 4 aliphatic carbocycles. The van der Waals surface area contributed by atoms with E-state index in [4.69, 9.17) is 18.9 Å². The van der Waals surface area contributed by atoms with Crippen molar-refractivity contribution in [3.63, 3.8) is 0 Å². The van der Waals surface area contributed by atoms with Crippen LogP contribution in [0.25, 0.3) is 0 Å². The average Bonchev–Trinajstić information content (AvgIpc) is 3.33. The molecule has 6 aliphatic rings. The summed E-state index contributed by atoms with van der Waals surface area (Å²) in [5, 5.41) is 0. The molecule has 0 N–H and O–H groups in total. The molecule has 6 fully saturated rings. The summed E-state index contributed by atoms with van der Waals surface area (Å²) in [6.45, 7) is 13.6. The van der Waals surface area contributed by atoms with Crippen LogP contribution in [0.5, 0.6) is 0 Å². The van der Waals surface area contributed by atoms with Gasteiger partial charge in [0.1, 0.15) is 12.2 Å². The molecule has 6 rings (SSSR count). The topological polar surface area (TPSA) is 105 Å². The maximum absolute atomic E-state index is 13.9. The first kappa shape index (κ1) is 27.1. The summed E-state index contributed by atoms with van der Waals surface area (Å²) in [5.74, 6) is -1.37. The van der Waals surface area contributed by atoms with Gasteiger partial charge in [-0.05, 0) is 84.0 Å². The Balaban J connectivity index is 1.28. The van der Waals surface area contributed by atoms with Gasteiger partial charge in [-0.1, -0.05) is 34.6 Å². The standard InChI is InChI=1S/C31H44O8/c1-25(2)27(5)14-16-30(25,38-21(27)32)23(34)36-19-12-8-10-18-11-9-13-20(29(18,19)7)37-24(35)31-17-15-28(6,22(33)39-31)26(31,3)4/h18-20H,8-17H2,1-7H3. The number of hydrogen-bond donors (Lipinski definition) is 0. The number of fused-ring (bicyclic) bond motifs is 5. The number of esters is 4. The van der Waals surface area contributed by atoms with Crippen LogP contribution in [0.3, 0.4) is 0 Å². The SMILES string of the molecule is CC12C(CCCC1OC(=O)C13CCC(C)(C(=O)O1)C3(C)C)CCCC2OC(=O)C12CCC(C)(C(=O)O1)C2(C)C. The lowest BCUT2D eigenvalue weighted by atomic mass is 9.57. The molecule has 0 aromatic carbocycles. The highest BCUT2D eigenvalue weighted by Crippen LogP contribution is 2.67.